The molecular weight excluding hydrogens is 351 g/mol. The number of anilines is 1. The topological polar surface area (TPSA) is 88.8 Å². The van der Waals surface area contributed by atoms with Crippen LogP contribution in [0.4, 0.5) is 24.5 Å². The molecule has 0 aliphatic heterocycles. The van der Waals surface area contributed by atoms with Gasteiger partial charge >= 0.3 is 6.18 Å². The highest BCUT2D eigenvalue weighted by atomic mass is 19.4. The Kier molecular flexibility index (Phi) is 6.22. The van der Waals surface area contributed by atoms with Gasteiger partial charge in [0.25, 0.3) is 11.6 Å². The normalized spacial score (nSPS) is 21.9. The van der Waals surface area contributed by atoms with Crippen molar-refractivity contribution in [1.29, 1.82) is 0 Å². The molecule has 2 rings (SSSR count). The molecule has 6 nitrogen and oxygen atoms in total. The summed E-state index contributed by atoms with van der Waals surface area (Å²) in [6.45, 7) is 3.76. The van der Waals surface area contributed by atoms with Crippen molar-refractivity contribution in [2.45, 2.75) is 57.8 Å². The summed E-state index contributed by atoms with van der Waals surface area (Å²) in [5.41, 5.74) is -2.37. The van der Waals surface area contributed by atoms with Crippen molar-refractivity contribution in [3.05, 3.63) is 33.9 Å². The van der Waals surface area contributed by atoms with E-state index in [4.69, 9.17) is 0 Å². The van der Waals surface area contributed by atoms with Crippen molar-refractivity contribution in [1.82, 2.24) is 0 Å². The number of nitrogens with one attached hydrogen (secondary N) is 1. The molecule has 0 aromatic heterocycles. The lowest BCUT2D eigenvalue weighted by Gasteiger charge is -2.28. The number of rotatable bonds is 5. The van der Waals surface area contributed by atoms with Crippen molar-refractivity contribution in [3.8, 4) is 0 Å². The Hall–Kier alpha value is -2.16. The van der Waals surface area contributed by atoms with Gasteiger partial charge in [0.05, 0.1) is 22.2 Å². The molecule has 1 aliphatic carbocycles. The van der Waals surface area contributed by atoms with Gasteiger partial charge in [-0.05, 0) is 32.3 Å². The first-order valence-corrected chi connectivity index (χ1v) is 8.61. The molecule has 26 heavy (non-hydrogen) atoms. The second-order valence-electron chi connectivity index (χ2n) is 6.88. The third kappa shape index (κ3) is 4.94. The second-order valence-corrected chi connectivity index (χ2v) is 6.88. The maximum Gasteiger partial charge on any atom is 0.418 e. The van der Waals surface area contributed by atoms with Crippen LogP contribution in [-0.4, -0.2) is 22.9 Å². The van der Waals surface area contributed by atoms with Gasteiger partial charge in [0.1, 0.15) is 0 Å². The largest absolute Gasteiger partial charge is 0.418 e. The van der Waals surface area contributed by atoms with Gasteiger partial charge in [-0.25, -0.2) is 0 Å². The number of quaternary nitrogens is 1. The van der Waals surface area contributed by atoms with Gasteiger partial charge < -0.3 is 10.6 Å². The Balaban J connectivity index is 2.13. The van der Waals surface area contributed by atoms with Gasteiger partial charge in [-0.15, -0.1) is 0 Å². The summed E-state index contributed by atoms with van der Waals surface area (Å²) in [6, 6.07) is 2.02. The third-order valence-corrected chi connectivity index (χ3v) is 4.90. The average Bonchev–Trinajstić information content (AvgIpc) is 2.56. The minimum atomic E-state index is -4.81. The van der Waals surface area contributed by atoms with Crippen LogP contribution < -0.4 is 10.6 Å². The van der Waals surface area contributed by atoms with Crippen LogP contribution >= 0.6 is 0 Å². The number of alkyl halides is 3. The van der Waals surface area contributed by atoms with E-state index in [1.165, 1.54) is 0 Å². The molecule has 3 N–H and O–H groups in total. The van der Waals surface area contributed by atoms with E-state index in [0.29, 0.717) is 12.0 Å². The van der Waals surface area contributed by atoms with Crippen LogP contribution in [0.15, 0.2) is 18.2 Å². The van der Waals surface area contributed by atoms with Crippen molar-refractivity contribution in [2.75, 3.05) is 5.32 Å². The zero-order chi connectivity index (χ0) is 19.5. The zero-order valence-electron chi connectivity index (χ0n) is 14.7. The first kappa shape index (κ1) is 20.2. The Morgan fingerprint density at radius 2 is 2.00 bits per heavy atom. The predicted octanol–water partition coefficient (Wildman–Crippen LogP) is 3.08. The summed E-state index contributed by atoms with van der Waals surface area (Å²) in [5, 5.41) is 14.9. The lowest BCUT2D eigenvalue weighted by Crippen LogP contribution is -2.97. The van der Waals surface area contributed by atoms with Gasteiger partial charge in [0.15, 0.2) is 6.04 Å². The molecule has 1 aromatic rings. The molecule has 1 fully saturated rings. The number of halogens is 3. The molecule has 0 bridgehead atoms. The molecular formula is C17H23F3N3O3+. The zero-order valence-corrected chi connectivity index (χ0v) is 14.7. The molecule has 1 aliphatic rings. The van der Waals surface area contributed by atoms with Crippen LogP contribution in [0.5, 0.6) is 0 Å². The van der Waals surface area contributed by atoms with Crippen molar-refractivity contribution >= 4 is 17.3 Å². The summed E-state index contributed by atoms with van der Waals surface area (Å²) < 4.78 is 39.6. The molecule has 3 atom stereocenters. The van der Waals surface area contributed by atoms with Crippen LogP contribution in [-0.2, 0) is 11.0 Å². The van der Waals surface area contributed by atoms with Crippen LogP contribution in [0, 0.1) is 16.0 Å². The van der Waals surface area contributed by atoms with Gasteiger partial charge in [-0.3, -0.25) is 14.9 Å². The molecule has 0 spiro atoms. The fraction of sp³-hybridized carbons (Fsp3) is 0.588. The van der Waals surface area contributed by atoms with Gasteiger partial charge in [-0.2, -0.15) is 13.2 Å². The fourth-order valence-corrected chi connectivity index (χ4v) is 3.32. The predicted molar refractivity (Wildman–Crippen MR) is 89.5 cm³/mol. The lowest BCUT2D eigenvalue weighted by molar-refractivity contribution is -0.714. The van der Waals surface area contributed by atoms with Crippen LogP contribution in [0.3, 0.4) is 0 Å². The number of hydrogen-bond donors (Lipinski definition) is 2. The Morgan fingerprint density at radius 1 is 1.35 bits per heavy atom. The number of amides is 1. The van der Waals surface area contributed by atoms with Crippen molar-refractivity contribution < 1.29 is 28.2 Å². The van der Waals surface area contributed by atoms with Gasteiger partial charge in [0, 0.05) is 18.1 Å². The molecule has 0 saturated heterocycles. The Morgan fingerprint density at radius 3 is 2.58 bits per heavy atom. The SMILES string of the molecule is C[C@H]([NH2+][C@@H]1CCCC[C@H]1C)C(=O)Nc1ccc([N+](=O)[O-])cc1C(F)(F)F. The summed E-state index contributed by atoms with van der Waals surface area (Å²) in [6.07, 6.45) is -0.510. The standard InChI is InChI=1S/C17H22F3N3O3/c1-10-5-3-4-6-14(10)21-11(2)16(24)22-15-8-7-12(23(25)26)9-13(15)17(18,19)20/h7-11,14,21H,3-6H2,1-2H3,(H,22,24)/p+1/t10-,11+,14-/m1/s1. The highest BCUT2D eigenvalue weighted by molar-refractivity contribution is 5.94. The molecule has 0 radical (unpaired) electrons. The minimum absolute atomic E-state index is 0.267. The third-order valence-electron chi connectivity index (χ3n) is 4.90. The smallest absolute Gasteiger partial charge is 0.334 e. The fourth-order valence-electron chi connectivity index (χ4n) is 3.32. The molecule has 0 heterocycles. The van der Waals surface area contributed by atoms with E-state index in [9.17, 15) is 28.1 Å². The molecule has 0 unspecified atom stereocenters. The molecule has 1 amide bonds. The van der Waals surface area contributed by atoms with Crippen LogP contribution in [0.1, 0.15) is 45.1 Å². The highest BCUT2D eigenvalue weighted by Crippen LogP contribution is 2.37. The molecule has 1 aromatic carbocycles. The van der Waals surface area contributed by atoms with E-state index in [2.05, 4.69) is 12.2 Å². The number of carbonyl (C=O) groups is 1. The first-order chi connectivity index (χ1) is 12.1. The van der Waals surface area contributed by atoms with E-state index in [1.807, 2.05) is 5.32 Å². The maximum atomic E-state index is 13.2. The van der Waals surface area contributed by atoms with E-state index in [0.717, 1.165) is 37.8 Å². The number of nitrogens with zero attached hydrogens (tertiary/aromatic N) is 1. The number of hydrogen-bond acceptors (Lipinski definition) is 3. The Bertz CT molecular complexity index is 679. The van der Waals surface area contributed by atoms with Crippen molar-refractivity contribution in [2.24, 2.45) is 5.92 Å². The highest BCUT2D eigenvalue weighted by Gasteiger charge is 2.36. The number of nitro groups is 1. The lowest BCUT2D eigenvalue weighted by atomic mass is 9.85. The Labute approximate surface area is 149 Å². The number of carbonyl (C=O) groups excluding carboxylic acids is 1. The summed E-state index contributed by atoms with van der Waals surface area (Å²) in [5.74, 6) is -0.105. The summed E-state index contributed by atoms with van der Waals surface area (Å²) in [4.78, 5) is 22.2. The first-order valence-electron chi connectivity index (χ1n) is 8.61. The quantitative estimate of drug-likeness (QED) is 0.613. The summed E-state index contributed by atoms with van der Waals surface area (Å²) in [7, 11) is 0. The number of benzene rings is 1. The maximum absolute atomic E-state index is 13.2. The van der Waals surface area contributed by atoms with Crippen molar-refractivity contribution in [3.63, 3.8) is 0 Å². The van der Waals surface area contributed by atoms with Crippen LogP contribution in [0.25, 0.3) is 0 Å². The number of nitrogens with two attached hydrogens (primary N) is 1. The monoisotopic (exact) mass is 374 g/mol. The van der Waals surface area contributed by atoms with E-state index < -0.39 is 40.0 Å². The second kappa shape index (κ2) is 8.03. The summed E-state index contributed by atoms with van der Waals surface area (Å²) >= 11 is 0. The van der Waals surface area contributed by atoms with E-state index in [-0.39, 0.29) is 6.04 Å². The van der Waals surface area contributed by atoms with E-state index in [1.54, 1.807) is 6.92 Å². The van der Waals surface area contributed by atoms with Crippen LogP contribution in [0.2, 0.25) is 0 Å². The minimum Gasteiger partial charge on any atom is -0.334 e. The number of non-ortho nitro benzene ring substituents is 1. The number of nitro benzene ring substituents is 1. The van der Waals surface area contributed by atoms with Gasteiger partial charge in [0.2, 0.25) is 0 Å². The molecule has 9 heteroatoms. The molecule has 1 saturated carbocycles. The van der Waals surface area contributed by atoms with E-state index >= 15 is 0 Å². The average molecular weight is 374 g/mol. The molecule has 144 valence electrons. The van der Waals surface area contributed by atoms with Gasteiger partial charge in [-0.1, -0.05) is 13.3 Å².